The summed E-state index contributed by atoms with van der Waals surface area (Å²) in [6.45, 7) is 3.04. The summed E-state index contributed by atoms with van der Waals surface area (Å²) < 4.78 is 21.4. The fraction of sp³-hybridized carbons (Fsp3) is 0.240. The smallest absolute Gasteiger partial charge is 0.249 e. The van der Waals surface area contributed by atoms with E-state index in [2.05, 4.69) is 10.3 Å². The van der Waals surface area contributed by atoms with E-state index in [-0.39, 0.29) is 11.9 Å². The third-order valence-corrected chi connectivity index (χ3v) is 5.93. The minimum absolute atomic E-state index is 0.0852. The summed E-state index contributed by atoms with van der Waals surface area (Å²) in [4.78, 5) is 21.4. The Morgan fingerprint density at radius 2 is 2.12 bits per heavy atom. The number of nitrogens with two attached hydrogens (primary N) is 1. The molecular weight excluding hydrogens is 421 g/mol. The standard InChI is InChI=1S/C25H24FN5O2/c1-15-11-19-18(23(27)32)7-3-8-21(19)31(15)25-29-14-20(22-9-4-10-33-22)24(30-25)28-13-16-5-2-6-17(26)12-16/h2-3,5-8,11-12,14,22H,4,9-10,13H2,1H3,(H2,27,32)(H,28,29,30). The summed E-state index contributed by atoms with van der Waals surface area (Å²) in [7, 11) is 0. The molecule has 1 saturated heterocycles. The monoisotopic (exact) mass is 445 g/mol. The fourth-order valence-corrected chi connectivity index (χ4v) is 4.37. The van der Waals surface area contributed by atoms with Crippen LogP contribution >= 0.6 is 0 Å². The van der Waals surface area contributed by atoms with Gasteiger partial charge < -0.3 is 15.8 Å². The van der Waals surface area contributed by atoms with Gasteiger partial charge in [0, 0.05) is 41.6 Å². The van der Waals surface area contributed by atoms with Crippen LogP contribution in [0.2, 0.25) is 0 Å². The average molecular weight is 445 g/mol. The molecule has 1 unspecified atom stereocenters. The van der Waals surface area contributed by atoms with Crippen molar-refractivity contribution in [1.82, 2.24) is 14.5 Å². The van der Waals surface area contributed by atoms with Crippen molar-refractivity contribution < 1.29 is 13.9 Å². The predicted octanol–water partition coefficient (Wildman–Crippen LogP) is 4.43. The van der Waals surface area contributed by atoms with Crippen LogP contribution in [0.25, 0.3) is 16.9 Å². The van der Waals surface area contributed by atoms with Gasteiger partial charge in [0.25, 0.3) is 0 Å². The highest BCUT2D eigenvalue weighted by Crippen LogP contribution is 2.33. The summed E-state index contributed by atoms with van der Waals surface area (Å²) in [5.74, 6) is 0.345. The number of ether oxygens (including phenoxy) is 1. The van der Waals surface area contributed by atoms with Gasteiger partial charge >= 0.3 is 0 Å². The minimum Gasteiger partial charge on any atom is -0.373 e. The molecule has 0 radical (unpaired) electrons. The molecule has 3 N–H and O–H groups in total. The second kappa shape index (κ2) is 8.63. The first-order valence-electron chi connectivity index (χ1n) is 10.9. The molecule has 0 spiro atoms. The summed E-state index contributed by atoms with van der Waals surface area (Å²) in [6.07, 6.45) is 3.57. The normalized spacial score (nSPS) is 15.8. The molecule has 1 atom stereocenters. The highest BCUT2D eigenvalue weighted by molar-refractivity contribution is 6.06. The largest absolute Gasteiger partial charge is 0.373 e. The van der Waals surface area contributed by atoms with Gasteiger partial charge in [-0.05, 0) is 55.7 Å². The van der Waals surface area contributed by atoms with Gasteiger partial charge in [-0.15, -0.1) is 0 Å². The Kier molecular flexibility index (Phi) is 5.51. The van der Waals surface area contributed by atoms with Gasteiger partial charge in [-0.2, -0.15) is 4.98 Å². The van der Waals surface area contributed by atoms with E-state index < -0.39 is 5.91 Å². The number of anilines is 1. The van der Waals surface area contributed by atoms with Crippen LogP contribution in [0.1, 0.15) is 46.1 Å². The third-order valence-electron chi connectivity index (χ3n) is 5.93. The van der Waals surface area contributed by atoms with Gasteiger partial charge in [-0.25, -0.2) is 9.37 Å². The molecule has 0 bridgehead atoms. The lowest BCUT2D eigenvalue weighted by atomic mass is 10.1. The summed E-state index contributed by atoms with van der Waals surface area (Å²) in [6, 6.07) is 13.8. The van der Waals surface area contributed by atoms with Gasteiger partial charge in [0.2, 0.25) is 11.9 Å². The Bertz CT molecular complexity index is 1340. The highest BCUT2D eigenvalue weighted by Gasteiger charge is 2.24. The third kappa shape index (κ3) is 4.05. The predicted molar refractivity (Wildman–Crippen MR) is 124 cm³/mol. The number of benzene rings is 2. The maximum atomic E-state index is 13.6. The number of hydrogen-bond donors (Lipinski definition) is 2. The SMILES string of the molecule is Cc1cc2c(C(N)=O)cccc2n1-c1ncc(C2CCCO2)c(NCc2cccc(F)c2)n1. The highest BCUT2D eigenvalue weighted by atomic mass is 19.1. The van der Waals surface area contributed by atoms with Crippen LogP contribution in [0.4, 0.5) is 10.2 Å². The lowest BCUT2D eigenvalue weighted by molar-refractivity contribution is 0.100. The second-order valence-electron chi connectivity index (χ2n) is 8.18. The number of hydrogen-bond acceptors (Lipinski definition) is 5. The lowest BCUT2D eigenvalue weighted by Crippen LogP contribution is -2.13. The minimum atomic E-state index is -0.482. The number of halogens is 1. The number of aryl methyl sites for hydroxylation is 1. The molecular formula is C25H24FN5O2. The van der Waals surface area contributed by atoms with Crippen molar-refractivity contribution in [2.24, 2.45) is 5.73 Å². The first-order chi connectivity index (χ1) is 16.0. The Morgan fingerprint density at radius 1 is 1.27 bits per heavy atom. The Balaban J connectivity index is 1.58. The number of nitrogens with one attached hydrogen (secondary N) is 1. The first kappa shape index (κ1) is 21.1. The van der Waals surface area contributed by atoms with Crippen molar-refractivity contribution >= 4 is 22.6 Å². The molecule has 168 valence electrons. The van der Waals surface area contributed by atoms with E-state index in [1.165, 1.54) is 12.1 Å². The van der Waals surface area contributed by atoms with Gasteiger partial charge in [0.15, 0.2) is 0 Å². The van der Waals surface area contributed by atoms with Gasteiger partial charge in [-0.1, -0.05) is 18.2 Å². The Morgan fingerprint density at radius 3 is 2.88 bits per heavy atom. The number of fused-ring (bicyclic) bond motifs is 1. The number of carbonyl (C=O) groups is 1. The van der Waals surface area contributed by atoms with Crippen LogP contribution in [0, 0.1) is 12.7 Å². The molecule has 0 saturated carbocycles. The van der Waals surface area contributed by atoms with Crippen molar-refractivity contribution in [1.29, 1.82) is 0 Å². The van der Waals surface area contributed by atoms with Crippen LogP contribution in [0.5, 0.6) is 0 Å². The van der Waals surface area contributed by atoms with Gasteiger partial charge in [-0.3, -0.25) is 9.36 Å². The van der Waals surface area contributed by atoms with Crippen LogP contribution in [0.15, 0.2) is 54.7 Å². The quantitative estimate of drug-likeness (QED) is 0.458. The molecule has 33 heavy (non-hydrogen) atoms. The number of nitrogens with zero attached hydrogens (tertiary/aromatic N) is 3. The zero-order valence-electron chi connectivity index (χ0n) is 18.2. The molecule has 4 aromatic rings. The molecule has 1 aliphatic heterocycles. The first-order valence-corrected chi connectivity index (χ1v) is 10.9. The lowest BCUT2D eigenvalue weighted by Gasteiger charge is -2.17. The zero-order valence-corrected chi connectivity index (χ0v) is 18.2. The molecule has 5 rings (SSSR count). The van der Waals surface area contributed by atoms with Crippen molar-refractivity contribution in [3.8, 4) is 5.95 Å². The Hall–Kier alpha value is -3.78. The van der Waals surface area contributed by atoms with Crippen LogP contribution in [0.3, 0.4) is 0 Å². The van der Waals surface area contributed by atoms with E-state index in [0.29, 0.717) is 30.5 Å². The van der Waals surface area contributed by atoms with Crippen LogP contribution < -0.4 is 11.1 Å². The van der Waals surface area contributed by atoms with E-state index >= 15 is 0 Å². The molecule has 0 aliphatic carbocycles. The molecule has 1 fully saturated rings. The van der Waals surface area contributed by atoms with Crippen molar-refractivity contribution in [2.75, 3.05) is 11.9 Å². The van der Waals surface area contributed by atoms with Crippen molar-refractivity contribution in [3.05, 3.63) is 82.9 Å². The fourth-order valence-electron chi connectivity index (χ4n) is 4.37. The molecule has 2 aromatic carbocycles. The number of amides is 1. The molecule has 2 aromatic heterocycles. The number of aromatic nitrogens is 3. The molecule has 3 heterocycles. The second-order valence-corrected chi connectivity index (χ2v) is 8.18. The number of carbonyl (C=O) groups excluding carboxylic acids is 1. The molecule has 1 amide bonds. The molecule has 7 nitrogen and oxygen atoms in total. The van der Waals surface area contributed by atoms with E-state index in [1.807, 2.05) is 29.7 Å². The topological polar surface area (TPSA) is 95.1 Å². The molecule has 8 heteroatoms. The van der Waals surface area contributed by atoms with Gasteiger partial charge in [0.05, 0.1) is 11.6 Å². The van der Waals surface area contributed by atoms with E-state index in [0.717, 1.165) is 40.6 Å². The van der Waals surface area contributed by atoms with Crippen LogP contribution in [-0.2, 0) is 11.3 Å². The Labute approximate surface area is 190 Å². The van der Waals surface area contributed by atoms with E-state index in [4.69, 9.17) is 15.5 Å². The number of primary amides is 1. The summed E-state index contributed by atoms with van der Waals surface area (Å²) in [5.41, 5.74) is 9.37. The maximum absolute atomic E-state index is 13.6. The number of rotatable bonds is 6. The average Bonchev–Trinajstić information content (AvgIpc) is 3.44. The van der Waals surface area contributed by atoms with E-state index in [9.17, 15) is 9.18 Å². The van der Waals surface area contributed by atoms with Crippen LogP contribution in [-0.4, -0.2) is 27.0 Å². The van der Waals surface area contributed by atoms with E-state index in [1.54, 1.807) is 24.4 Å². The summed E-state index contributed by atoms with van der Waals surface area (Å²) in [5, 5.41) is 4.10. The summed E-state index contributed by atoms with van der Waals surface area (Å²) >= 11 is 0. The van der Waals surface area contributed by atoms with Gasteiger partial charge in [0.1, 0.15) is 11.6 Å². The zero-order chi connectivity index (χ0) is 22.9. The van der Waals surface area contributed by atoms with Crippen molar-refractivity contribution in [2.45, 2.75) is 32.4 Å². The van der Waals surface area contributed by atoms with Crippen molar-refractivity contribution in [3.63, 3.8) is 0 Å². The molecule has 1 aliphatic rings. The maximum Gasteiger partial charge on any atom is 0.249 e.